The second-order valence-corrected chi connectivity index (χ2v) is 5.77. The molecule has 1 amide bonds. The first-order chi connectivity index (χ1) is 9.59. The molecule has 20 heavy (non-hydrogen) atoms. The van der Waals surface area contributed by atoms with Crippen LogP contribution in [0.5, 0.6) is 0 Å². The number of carbonyl (C=O) groups excluding carboxylic acids is 1. The van der Waals surface area contributed by atoms with Gasteiger partial charge in [-0.2, -0.15) is 0 Å². The predicted octanol–water partition coefficient (Wildman–Crippen LogP) is 2.17. The zero-order chi connectivity index (χ0) is 14.2. The molecule has 0 aliphatic heterocycles. The van der Waals surface area contributed by atoms with Crippen LogP contribution in [-0.2, 0) is 16.1 Å². The SMILES string of the molecule is O=C(NC1CC2(C1)C[C@@H]2C(=O)O)OCc1ccccc1. The highest BCUT2D eigenvalue weighted by Crippen LogP contribution is 2.65. The Kier molecular flexibility index (Phi) is 3.12. The summed E-state index contributed by atoms with van der Waals surface area (Å²) in [5.41, 5.74) is 0.907. The van der Waals surface area contributed by atoms with Crippen molar-refractivity contribution in [2.75, 3.05) is 0 Å². The molecule has 0 radical (unpaired) electrons. The molecule has 2 N–H and O–H groups in total. The van der Waals surface area contributed by atoms with Crippen molar-refractivity contribution in [1.82, 2.24) is 5.32 Å². The first-order valence-corrected chi connectivity index (χ1v) is 6.79. The van der Waals surface area contributed by atoms with Gasteiger partial charge in [0.05, 0.1) is 5.92 Å². The summed E-state index contributed by atoms with van der Waals surface area (Å²) in [5.74, 6) is -0.920. The summed E-state index contributed by atoms with van der Waals surface area (Å²) in [5, 5.41) is 11.7. The summed E-state index contributed by atoms with van der Waals surface area (Å²) >= 11 is 0. The summed E-state index contributed by atoms with van der Waals surface area (Å²) in [6, 6.07) is 9.55. The molecule has 2 aliphatic carbocycles. The van der Waals surface area contributed by atoms with Gasteiger partial charge >= 0.3 is 12.1 Å². The van der Waals surface area contributed by atoms with Crippen molar-refractivity contribution >= 4 is 12.1 Å². The number of carboxylic acid groups (broad SMARTS) is 1. The molecule has 2 saturated carbocycles. The highest BCUT2D eigenvalue weighted by Gasteiger charge is 2.65. The van der Waals surface area contributed by atoms with Crippen LogP contribution in [0.1, 0.15) is 24.8 Å². The molecule has 2 aliphatic rings. The number of hydrogen-bond acceptors (Lipinski definition) is 3. The lowest BCUT2D eigenvalue weighted by Crippen LogP contribution is -2.46. The maximum absolute atomic E-state index is 11.6. The minimum absolute atomic E-state index is 0.0385. The molecule has 1 aromatic carbocycles. The third-order valence-electron chi connectivity index (χ3n) is 4.33. The van der Waals surface area contributed by atoms with Gasteiger partial charge in [0.25, 0.3) is 0 Å². The lowest BCUT2D eigenvalue weighted by Gasteiger charge is -2.36. The number of benzene rings is 1. The zero-order valence-corrected chi connectivity index (χ0v) is 11.0. The van der Waals surface area contributed by atoms with Crippen molar-refractivity contribution < 1.29 is 19.4 Å². The molecular weight excluding hydrogens is 258 g/mol. The number of nitrogens with one attached hydrogen (secondary N) is 1. The molecule has 0 bridgehead atoms. The molecule has 1 aromatic rings. The van der Waals surface area contributed by atoms with E-state index in [0.29, 0.717) is 0 Å². The summed E-state index contributed by atoms with van der Waals surface area (Å²) < 4.78 is 5.13. The molecule has 0 heterocycles. The van der Waals surface area contributed by atoms with E-state index in [1.54, 1.807) is 0 Å². The van der Waals surface area contributed by atoms with Gasteiger partial charge in [0.2, 0.25) is 0 Å². The standard InChI is InChI=1S/C15H17NO4/c17-13(18)12-8-15(12)6-11(7-15)16-14(19)20-9-10-4-2-1-3-5-10/h1-5,11-12H,6-9H2,(H,16,19)(H,17,18)/t11?,12-,15?/m1/s1. The Morgan fingerprint density at radius 1 is 1.25 bits per heavy atom. The number of aliphatic carboxylic acids is 1. The van der Waals surface area contributed by atoms with E-state index in [4.69, 9.17) is 9.84 Å². The molecule has 0 aromatic heterocycles. The average Bonchev–Trinajstić information content (AvgIpc) is 3.13. The van der Waals surface area contributed by atoms with Gasteiger partial charge < -0.3 is 15.2 Å². The largest absolute Gasteiger partial charge is 0.481 e. The molecule has 3 rings (SSSR count). The van der Waals surface area contributed by atoms with Crippen molar-refractivity contribution in [2.24, 2.45) is 11.3 Å². The number of carboxylic acids is 1. The van der Waals surface area contributed by atoms with Gasteiger partial charge in [-0.05, 0) is 30.2 Å². The van der Waals surface area contributed by atoms with E-state index in [1.807, 2.05) is 30.3 Å². The fourth-order valence-electron chi connectivity index (χ4n) is 3.10. The highest BCUT2D eigenvalue weighted by molar-refractivity contribution is 5.75. The summed E-state index contributed by atoms with van der Waals surface area (Å²) in [6.45, 7) is 0.252. The van der Waals surface area contributed by atoms with Crippen LogP contribution in [0.3, 0.4) is 0 Å². The minimum atomic E-state index is -0.713. The Balaban J connectivity index is 1.38. The van der Waals surface area contributed by atoms with E-state index in [-0.39, 0.29) is 24.0 Å². The monoisotopic (exact) mass is 275 g/mol. The van der Waals surface area contributed by atoms with Crippen LogP contribution in [0.2, 0.25) is 0 Å². The molecule has 1 spiro atoms. The third kappa shape index (κ3) is 2.48. The summed E-state index contributed by atoms with van der Waals surface area (Å²) in [4.78, 5) is 22.5. The fraction of sp³-hybridized carbons (Fsp3) is 0.467. The lowest BCUT2D eigenvalue weighted by atomic mass is 9.75. The van der Waals surface area contributed by atoms with Gasteiger partial charge in [-0.15, -0.1) is 0 Å². The molecule has 5 nitrogen and oxygen atoms in total. The third-order valence-corrected chi connectivity index (χ3v) is 4.33. The van der Waals surface area contributed by atoms with Crippen molar-refractivity contribution in [3.8, 4) is 0 Å². The van der Waals surface area contributed by atoms with Crippen molar-refractivity contribution in [1.29, 1.82) is 0 Å². The smallest absolute Gasteiger partial charge is 0.407 e. The van der Waals surface area contributed by atoms with Gasteiger partial charge in [0, 0.05) is 6.04 Å². The van der Waals surface area contributed by atoms with Crippen molar-refractivity contribution in [3.05, 3.63) is 35.9 Å². The van der Waals surface area contributed by atoms with Crippen molar-refractivity contribution in [3.63, 3.8) is 0 Å². The van der Waals surface area contributed by atoms with Crippen LogP contribution in [-0.4, -0.2) is 23.2 Å². The van der Waals surface area contributed by atoms with Crippen LogP contribution in [0.4, 0.5) is 4.79 Å². The van der Waals surface area contributed by atoms with Gasteiger partial charge in [0.15, 0.2) is 0 Å². The van der Waals surface area contributed by atoms with E-state index in [9.17, 15) is 9.59 Å². The second-order valence-electron chi connectivity index (χ2n) is 5.77. The number of rotatable bonds is 4. The van der Waals surface area contributed by atoms with Crippen LogP contribution >= 0.6 is 0 Å². The molecular formula is C15H17NO4. The van der Waals surface area contributed by atoms with E-state index in [1.165, 1.54) is 0 Å². The highest BCUT2D eigenvalue weighted by atomic mass is 16.5. The Bertz CT molecular complexity index is 522. The van der Waals surface area contributed by atoms with Crippen LogP contribution < -0.4 is 5.32 Å². The van der Waals surface area contributed by atoms with E-state index in [0.717, 1.165) is 24.8 Å². The van der Waals surface area contributed by atoms with Gasteiger partial charge in [-0.3, -0.25) is 4.79 Å². The average molecular weight is 275 g/mol. The van der Waals surface area contributed by atoms with Gasteiger partial charge in [0.1, 0.15) is 6.61 Å². The Morgan fingerprint density at radius 2 is 1.95 bits per heavy atom. The zero-order valence-electron chi connectivity index (χ0n) is 11.0. The molecule has 5 heteroatoms. The van der Waals surface area contributed by atoms with Crippen LogP contribution in [0.25, 0.3) is 0 Å². The number of ether oxygens (including phenoxy) is 1. The maximum Gasteiger partial charge on any atom is 0.407 e. The van der Waals surface area contributed by atoms with E-state index < -0.39 is 12.1 Å². The molecule has 1 atom stereocenters. The first-order valence-electron chi connectivity index (χ1n) is 6.79. The predicted molar refractivity (Wildman–Crippen MR) is 71.0 cm³/mol. The molecule has 2 fully saturated rings. The summed E-state index contributed by atoms with van der Waals surface area (Å²) in [7, 11) is 0. The molecule has 0 saturated heterocycles. The number of alkyl carbamates (subject to hydrolysis) is 1. The Morgan fingerprint density at radius 3 is 2.55 bits per heavy atom. The van der Waals surface area contributed by atoms with Crippen molar-refractivity contribution in [2.45, 2.75) is 31.9 Å². The Hall–Kier alpha value is -2.04. The molecule has 0 unspecified atom stereocenters. The van der Waals surface area contributed by atoms with E-state index in [2.05, 4.69) is 5.32 Å². The normalized spacial score (nSPS) is 30.4. The van der Waals surface area contributed by atoms with E-state index >= 15 is 0 Å². The Labute approximate surface area is 116 Å². The quantitative estimate of drug-likeness (QED) is 0.883. The first kappa shape index (κ1) is 13.0. The number of carbonyl (C=O) groups is 2. The number of amides is 1. The molecule has 106 valence electrons. The van der Waals surface area contributed by atoms with Crippen LogP contribution in [0, 0.1) is 11.3 Å². The summed E-state index contributed by atoms with van der Waals surface area (Å²) in [6.07, 6.45) is 1.83. The number of hydrogen-bond donors (Lipinski definition) is 2. The fourth-order valence-corrected chi connectivity index (χ4v) is 3.10. The van der Waals surface area contributed by atoms with Gasteiger partial charge in [-0.1, -0.05) is 30.3 Å². The minimum Gasteiger partial charge on any atom is -0.481 e. The maximum atomic E-state index is 11.6. The topological polar surface area (TPSA) is 75.6 Å². The lowest BCUT2D eigenvalue weighted by molar-refractivity contribution is -0.140. The van der Waals surface area contributed by atoms with Gasteiger partial charge in [-0.25, -0.2) is 4.79 Å². The second kappa shape index (κ2) is 4.81. The van der Waals surface area contributed by atoms with Crippen LogP contribution in [0.15, 0.2) is 30.3 Å².